The van der Waals surface area contributed by atoms with Crippen molar-refractivity contribution >= 4 is 37.8 Å². The predicted molar refractivity (Wildman–Crippen MR) is 115 cm³/mol. The van der Waals surface area contributed by atoms with Crippen LogP contribution in [-0.4, -0.2) is 11.1 Å². The second-order valence-electron chi connectivity index (χ2n) is 7.41. The van der Waals surface area contributed by atoms with E-state index in [2.05, 4.69) is 37.9 Å². The normalized spacial score (nSPS) is 23.2. The van der Waals surface area contributed by atoms with Gasteiger partial charge >= 0.3 is 5.97 Å². The summed E-state index contributed by atoms with van der Waals surface area (Å²) < 4.78 is 6.53. The Hall–Kier alpha value is -2.10. The lowest BCUT2D eigenvalue weighted by Crippen LogP contribution is -2.18. The van der Waals surface area contributed by atoms with Crippen molar-refractivity contribution in [1.82, 2.24) is 0 Å². The molecule has 1 N–H and O–H groups in total. The summed E-state index contributed by atoms with van der Waals surface area (Å²) in [5.74, 6) is -0.923. The van der Waals surface area contributed by atoms with E-state index >= 15 is 0 Å². The molecule has 0 unspecified atom stereocenters. The summed E-state index contributed by atoms with van der Waals surface area (Å²) in [6.07, 6.45) is 1.81. The number of carboxylic acids is 1. The molecule has 0 amide bonds. The smallest absolute Gasteiger partial charge is 0.308 e. The highest BCUT2D eigenvalue weighted by Crippen LogP contribution is 2.75. The molecule has 1 fully saturated rings. The van der Waals surface area contributed by atoms with Crippen LogP contribution < -0.4 is 4.74 Å². The monoisotopic (exact) mass is 503 g/mol. The Labute approximate surface area is 181 Å². The zero-order chi connectivity index (χ0) is 20.5. The molecule has 3 rings (SSSR count). The number of hydrogen-bond donors (Lipinski definition) is 1. The molecule has 1 aliphatic rings. The first-order chi connectivity index (χ1) is 13.2. The molecule has 0 spiro atoms. The van der Waals surface area contributed by atoms with Crippen molar-refractivity contribution in [3.05, 3.63) is 69.6 Å². The van der Waals surface area contributed by atoms with Gasteiger partial charge in [0.25, 0.3) is 0 Å². The minimum absolute atomic E-state index is 0.581. The molecule has 0 heterocycles. The van der Waals surface area contributed by atoms with Crippen LogP contribution in [0.25, 0.3) is 0 Å². The summed E-state index contributed by atoms with van der Waals surface area (Å²) in [7, 11) is 0. The first kappa shape index (κ1) is 20.6. The number of carboxylic acid groups (broad SMARTS) is 1. The Bertz CT molecular complexity index is 961. The fraction of sp³-hybridized carbons (Fsp3) is 0.273. The first-order valence-corrected chi connectivity index (χ1v) is 10.3. The van der Waals surface area contributed by atoms with E-state index in [9.17, 15) is 15.2 Å². The van der Waals surface area contributed by atoms with Crippen LogP contribution in [0.1, 0.15) is 25.3 Å². The molecule has 1 saturated carbocycles. The molecule has 144 valence electrons. The average molecular weight is 505 g/mol. The highest BCUT2D eigenvalue weighted by Gasteiger charge is 2.76. The van der Waals surface area contributed by atoms with Crippen molar-refractivity contribution in [3.8, 4) is 17.6 Å². The number of benzene rings is 2. The van der Waals surface area contributed by atoms with Gasteiger partial charge in [-0.05, 0) is 67.1 Å². The lowest BCUT2D eigenvalue weighted by atomic mass is 9.78. The summed E-state index contributed by atoms with van der Waals surface area (Å²) >= 11 is 6.72. The molecule has 1 aliphatic carbocycles. The maximum absolute atomic E-state index is 11.9. The number of halogens is 2. The molecule has 0 bridgehead atoms. The predicted octanol–water partition coefficient (Wildman–Crippen LogP) is 6.44. The van der Waals surface area contributed by atoms with Crippen molar-refractivity contribution in [2.75, 3.05) is 0 Å². The number of hydrogen-bond acceptors (Lipinski definition) is 3. The fourth-order valence-electron chi connectivity index (χ4n) is 4.25. The number of nitriles is 1. The van der Waals surface area contributed by atoms with Crippen molar-refractivity contribution in [2.24, 2.45) is 16.7 Å². The van der Waals surface area contributed by atoms with E-state index in [1.54, 1.807) is 0 Å². The molecular weight excluding hydrogens is 486 g/mol. The summed E-state index contributed by atoms with van der Waals surface area (Å²) in [5, 5.41) is 19.8. The minimum atomic E-state index is -0.903. The van der Waals surface area contributed by atoms with Crippen LogP contribution >= 0.6 is 31.9 Å². The maximum Gasteiger partial charge on any atom is 0.308 e. The molecule has 0 saturated heterocycles. The van der Waals surface area contributed by atoms with Gasteiger partial charge in [0, 0.05) is 5.41 Å². The van der Waals surface area contributed by atoms with Gasteiger partial charge in [-0.15, -0.1) is 0 Å². The second-order valence-corrected chi connectivity index (χ2v) is 10.2. The number of aliphatic carboxylic acids is 1. The van der Waals surface area contributed by atoms with Crippen molar-refractivity contribution in [3.63, 3.8) is 0 Å². The van der Waals surface area contributed by atoms with E-state index in [-0.39, 0.29) is 0 Å². The van der Waals surface area contributed by atoms with E-state index in [0.29, 0.717) is 14.9 Å². The Morgan fingerprint density at radius 3 is 2.36 bits per heavy atom. The van der Waals surface area contributed by atoms with Gasteiger partial charge in [0.1, 0.15) is 11.5 Å². The lowest BCUT2D eigenvalue weighted by Gasteiger charge is -2.23. The van der Waals surface area contributed by atoms with Gasteiger partial charge in [0.2, 0.25) is 0 Å². The van der Waals surface area contributed by atoms with Gasteiger partial charge in [-0.2, -0.15) is 5.26 Å². The lowest BCUT2D eigenvalue weighted by molar-refractivity contribution is -0.139. The Kier molecular flexibility index (Phi) is 5.69. The first-order valence-electron chi connectivity index (χ1n) is 8.73. The Morgan fingerprint density at radius 1 is 1.18 bits per heavy atom. The third kappa shape index (κ3) is 3.49. The maximum atomic E-state index is 11.9. The van der Waals surface area contributed by atoms with Crippen LogP contribution in [0.3, 0.4) is 0 Å². The third-order valence-corrected chi connectivity index (χ3v) is 6.06. The minimum Gasteiger partial charge on any atom is -0.481 e. The van der Waals surface area contributed by atoms with Crippen LogP contribution in [0, 0.1) is 28.1 Å². The number of para-hydroxylation sites is 1. The standard InChI is InChI=1S/C22H19Br2NO3/c1-21(2)19(20(26)27)22(21,12-18(23)24)17(13-25)14-7-6-10-16(11-14)28-15-8-4-3-5-9-15/h3-12,17,19H,1-2H3,(H,26,27)/t17-,19+,22-/m0/s1. The molecule has 3 atom stereocenters. The summed E-state index contributed by atoms with van der Waals surface area (Å²) in [4.78, 5) is 11.9. The van der Waals surface area contributed by atoms with E-state index < -0.39 is 28.6 Å². The molecule has 2 aromatic rings. The number of carbonyl (C=O) groups is 1. The number of nitrogens with zero attached hydrogens (tertiary/aromatic N) is 1. The van der Waals surface area contributed by atoms with E-state index in [1.165, 1.54) is 0 Å². The number of ether oxygens (including phenoxy) is 1. The SMILES string of the molecule is CC1(C)[C@@H](C(=O)O)[C@]1(C=C(Br)Br)[C@@H](C#N)c1cccc(Oc2ccccc2)c1. The molecule has 6 heteroatoms. The quantitative estimate of drug-likeness (QED) is 0.491. The van der Waals surface area contributed by atoms with Gasteiger partial charge in [-0.25, -0.2) is 0 Å². The molecule has 2 aromatic carbocycles. The van der Waals surface area contributed by atoms with Gasteiger partial charge in [-0.3, -0.25) is 4.79 Å². The summed E-state index contributed by atoms with van der Waals surface area (Å²) in [5.41, 5.74) is -0.700. The van der Waals surface area contributed by atoms with Crippen LogP contribution in [-0.2, 0) is 4.79 Å². The average Bonchev–Trinajstić information content (AvgIpc) is 3.11. The van der Waals surface area contributed by atoms with E-state index in [1.807, 2.05) is 74.5 Å². The van der Waals surface area contributed by atoms with Gasteiger partial charge in [-0.1, -0.05) is 50.3 Å². The van der Waals surface area contributed by atoms with Gasteiger partial charge in [0.15, 0.2) is 0 Å². The third-order valence-electron chi connectivity index (χ3n) is 5.60. The molecule has 0 aromatic heterocycles. The van der Waals surface area contributed by atoms with Crippen LogP contribution in [0.2, 0.25) is 0 Å². The Morgan fingerprint density at radius 2 is 1.82 bits per heavy atom. The van der Waals surface area contributed by atoms with Crippen molar-refractivity contribution in [2.45, 2.75) is 19.8 Å². The van der Waals surface area contributed by atoms with E-state index in [0.717, 1.165) is 5.56 Å². The molecule has 0 radical (unpaired) electrons. The summed E-state index contributed by atoms with van der Waals surface area (Å²) in [6, 6.07) is 19.0. The Balaban J connectivity index is 2.03. The molecule has 4 nitrogen and oxygen atoms in total. The number of rotatable bonds is 6. The zero-order valence-corrected chi connectivity index (χ0v) is 18.6. The van der Waals surface area contributed by atoms with Crippen LogP contribution in [0.15, 0.2) is 64.1 Å². The van der Waals surface area contributed by atoms with Crippen LogP contribution in [0.4, 0.5) is 0 Å². The molecule has 28 heavy (non-hydrogen) atoms. The van der Waals surface area contributed by atoms with Gasteiger partial charge < -0.3 is 9.84 Å². The van der Waals surface area contributed by atoms with Gasteiger partial charge in [0.05, 0.1) is 21.3 Å². The largest absolute Gasteiger partial charge is 0.481 e. The van der Waals surface area contributed by atoms with Crippen molar-refractivity contribution < 1.29 is 14.6 Å². The topological polar surface area (TPSA) is 70.3 Å². The highest BCUT2D eigenvalue weighted by molar-refractivity contribution is 9.28. The van der Waals surface area contributed by atoms with Crippen LogP contribution in [0.5, 0.6) is 11.5 Å². The fourth-order valence-corrected chi connectivity index (χ4v) is 5.01. The van der Waals surface area contributed by atoms with Crippen molar-refractivity contribution in [1.29, 1.82) is 5.26 Å². The summed E-state index contributed by atoms with van der Waals surface area (Å²) in [6.45, 7) is 3.78. The zero-order valence-electron chi connectivity index (χ0n) is 15.4. The van der Waals surface area contributed by atoms with E-state index in [4.69, 9.17) is 4.74 Å². The highest BCUT2D eigenvalue weighted by atomic mass is 79.9. The second kappa shape index (κ2) is 7.73. The molecule has 0 aliphatic heterocycles. The number of allylic oxidation sites excluding steroid dienone is 1. The molecular formula is C22H19Br2NO3.